The highest BCUT2D eigenvalue weighted by atomic mass is 16.5. The molecular formula is C36H48N6O3. The first-order valence-electron chi connectivity index (χ1n) is 15.7. The number of nitrogens with zero attached hydrogens (tertiary/aromatic N) is 6. The van der Waals surface area contributed by atoms with E-state index in [0.717, 1.165) is 47.0 Å². The van der Waals surface area contributed by atoms with Crippen molar-refractivity contribution in [1.29, 1.82) is 0 Å². The molecule has 0 atom stereocenters. The van der Waals surface area contributed by atoms with Crippen molar-refractivity contribution in [2.75, 3.05) is 54.5 Å². The summed E-state index contributed by atoms with van der Waals surface area (Å²) in [6.07, 6.45) is 0. The Labute approximate surface area is 268 Å². The van der Waals surface area contributed by atoms with E-state index in [2.05, 4.69) is 77.6 Å². The molecule has 3 aromatic carbocycles. The van der Waals surface area contributed by atoms with Crippen molar-refractivity contribution in [1.82, 2.24) is 15.0 Å². The fourth-order valence-electron chi connectivity index (χ4n) is 5.04. The highest BCUT2D eigenvalue weighted by Crippen LogP contribution is 2.25. The van der Waals surface area contributed by atoms with Crippen LogP contribution < -0.4 is 28.9 Å². The first-order chi connectivity index (χ1) is 21.6. The van der Waals surface area contributed by atoms with E-state index in [1.54, 1.807) is 0 Å². The molecule has 0 radical (unpaired) electrons. The van der Waals surface area contributed by atoms with Gasteiger partial charge in [-0.25, -0.2) is 0 Å². The van der Waals surface area contributed by atoms with Gasteiger partial charge in [0.2, 0.25) is 17.8 Å². The van der Waals surface area contributed by atoms with Gasteiger partial charge in [0.05, 0.1) is 0 Å². The topological polar surface area (TPSA) is 76.1 Å². The van der Waals surface area contributed by atoms with Gasteiger partial charge in [0, 0.05) is 19.6 Å². The van der Waals surface area contributed by atoms with Crippen molar-refractivity contribution in [2.24, 2.45) is 0 Å². The number of benzene rings is 3. The normalized spacial score (nSPS) is 10.9. The zero-order valence-corrected chi connectivity index (χ0v) is 28.3. The molecule has 0 unspecified atom stereocenters. The van der Waals surface area contributed by atoms with Crippen LogP contribution in [0.15, 0.2) is 54.6 Å². The van der Waals surface area contributed by atoms with Gasteiger partial charge in [-0.05, 0) is 97.2 Å². The van der Waals surface area contributed by atoms with Gasteiger partial charge >= 0.3 is 0 Å². The van der Waals surface area contributed by atoms with Gasteiger partial charge in [0.1, 0.15) is 17.2 Å². The average molecular weight is 613 g/mol. The SMILES string of the molecule is CCN(CC)c1nc(N(CC)COc2ccc(C)cc2C)nc(N(COc2ccc(C)cc2C)COc2ccc(C)cc2C)n1. The summed E-state index contributed by atoms with van der Waals surface area (Å²) in [6.45, 7) is 21.4. The molecule has 0 saturated heterocycles. The van der Waals surface area contributed by atoms with Crippen LogP contribution in [0.3, 0.4) is 0 Å². The maximum absolute atomic E-state index is 6.35. The molecule has 0 saturated carbocycles. The number of hydrogen-bond donors (Lipinski definition) is 0. The van der Waals surface area contributed by atoms with Crippen molar-refractivity contribution >= 4 is 17.8 Å². The minimum Gasteiger partial charge on any atom is -0.473 e. The quantitative estimate of drug-likeness (QED) is 0.128. The van der Waals surface area contributed by atoms with Gasteiger partial charge in [0.25, 0.3) is 0 Å². The molecule has 0 aliphatic heterocycles. The van der Waals surface area contributed by atoms with Crippen molar-refractivity contribution in [3.63, 3.8) is 0 Å². The summed E-state index contributed by atoms with van der Waals surface area (Å²) < 4.78 is 19.0. The number of anilines is 3. The number of ether oxygens (including phenoxy) is 3. The van der Waals surface area contributed by atoms with Crippen LogP contribution in [0.25, 0.3) is 0 Å². The molecule has 1 aromatic heterocycles. The minimum atomic E-state index is 0.182. The van der Waals surface area contributed by atoms with Gasteiger partial charge in [-0.2, -0.15) is 15.0 Å². The predicted molar refractivity (Wildman–Crippen MR) is 183 cm³/mol. The van der Waals surface area contributed by atoms with Gasteiger partial charge < -0.3 is 24.0 Å². The van der Waals surface area contributed by atoms with E-state index in [1.807, 2.05) is 54.0 Å². The Morgan fingerprint density at radius 2 is 0.756 bits per heavy atom. The second-order valence-electron chi connectivity index (χ2n) is 11.4. The Bertz CT molecular complexity index is 1520. The van der Waals surface area contributed by atoms with E-state index in [-0.39, 0.29) is 13.5 Å². The molecular weight excluding hydrogens is 564 g/mol. The maximum atomic E-state index is 6.35. The Kier molecular flexibility index (Phi) is 11.5. The lowest BCUT2D eigenvalue weighted by Gasteiger charge is -2.28. The lowest BCUT2D eigenvalue weighted by Crippen LogP contribution is -2.36. The fourth-order valence-corrected chi connectivity index (χ4v) is 5.04. The number of aryl methyl sites for hydroxylation is 6. The Balaban J connectivity index is 1.69. The molecule has 0 aliphatic carbocycles. The van der Waals surface area contributed by atoms with E-state index in [0.29, 0.717) is 31.1 Å². The molecule has 1 heterocycles. The van der Waals surface area contributed by atoms with Crippen LogP contribution in [-0.2, 0) is 0 Å². The highest BCUT2D eigenvalue weighted by Gasteiger charge is 2.21. The zero-order chi connectivity index (χ0) is 32.5. The summed E-state index contributed by atoms with van der Waals surface area (Å²) in [5.41, 5.74) is 6.78. The molecule has 4 rings (SSSR count). The first-order valence-corrected chi connectivity index (χ1v) is 15.7. The number of rotatable bonds is 15. The highest BCUT2D eigenvalue weighted by molar-refractivity contribution is 5.47. The minimum absolute atomic E-state index is 0.182. The van der Waals surface area contributed by atoms with Crippen LogP contribution in [-0.4, -0.2) is 54.8 Å². The van der Waals surface area contributed by atoms with Crippen LogP contribution in [0.2, 0.25) is 0 Å². The van der Waals surface area contributed by atoms with Crippen LogP contribution >= 0.6 is 0 Å². The van der Waals surface area contributed by atoms with E-state index in [4.69, 9.17) is 29.2 Å². The third-order valence-electron chi connectivity index (χ3n) is 7.71. The Morgan fingerprint density at radius 3 is 1.09 bits per heavy atom. The van der Waals surface area contributed by atoms with Crippen LogP contribution in [0.5, 0.6) is 17.2 Å². The molecule has 4 aromatic rings. The standard InChI is InChI=1S/C36H48N6O3/c1-10-40(11-2)34-37-35(41(12-3)22-43-31-16-13-25(4)19-28(31)7)39-36(38-34)42(23-44-32-17-14-26(5)20-29(32)8)24-45-33-18-15-27(6)21-30(33)9/h13-21H,10-12,22-24H2,1-9H3. The van der Waals surface area contributed by atoms with Gasteiger partial charge in [-0.1, -0.05) is 53.1 Å². The van der Waals surface area contributed by atoms with Gasteiger partial charge in [-0.3, -0.25) is 4.90 Å². The third kappa shape index (κ3) is 8.77. The molecule has 240 valence electrons. The largest absolute Gasteiger partial charge is 0.473 e. The molecule has 9 heteroatoms. The Morgan fingerprint density at radius 1 is 0.444 bits per heavy atom. The smallest absolute Gasteiger partial charge is 0.237 e. The van der Waals surface area contributed by atoms with Crippen molar-refractivity contribution in [2.45, 2.75) is 62.3 Å². The third-order valence-corrected chi connectivity index (χ3v) is 7.71. The van der Waals surface area contributed by atoms with Crippen LogP contribution in [0, 0.1) is 41.5 Å². The molecule has 0 bridgehead atoms. The van der Waals surface area contributed by atoms with E-state index < -0.39 is 0 Å². The van der Waals surface area contributed by atoms with Crippen LogP contribution in [0.4, 0.5) is 17.8 Å². The molecule has 0 aliphatic rings. The average Bonchev–Trinajstić information content (AvgIpc) is 3.00. The van der Waals surface area contributed by atoms with E-state index in [9.17, 15) is 0 Å². The molecule has 0 N–H and O–H groups in total. The van der Waals surface area contributed by atoms with E-state index >= 15 is 0 Å². The zero-order valence-electron chi connectivity index (χ0n) is 28.3. The monoisotopic (exact) mass is 612 g/mol. The first kappa shape index (κ1) is 33.4. The van der Waals surface area contributed by atoms with Crippen molar-refractivity contribution < 1.29 is 14.2 Å². The maximum Gasteiger partial charge on any atom is 0.237 e. The summed E-state index contributed by atoms with van der Waals surface area (Å²) in [5.74, 6) is 4.01. The van der Waals surface area contributed by atoms with Gasteiger partial charge in [-0.15, -0.1) is 0 Å². The number of aromatic nitrogens is 3. The summed E-state index contributed by atoms with van der Waals surface area (Å²) >= 11 is 0. The fraction of sp³-hybridized carbons (Fsp3) is 0.417. The molecule has 0 spiro atoms. The molecule has 9 nitrogen and oxygen atoms in total. The lowest BCUT2D eigenvalue weighted by molar-refractivity contribution is 0.244. The van der Waals surface area contributed by atoms with E-state index in [1.165, 1.54) is 16.7 Å². The molecule has 45 heavy (non-hydrogen) atoms. The van der Waals surface area contributed by atoms with Crippen molar-refractivity contribution in [3.8, 4) is 17.2 Å². The second kappa shape index (κ2) is 15.5. The molecule has 0 amide bonds. The summed E-state index contributed by atoms with van der Waals surface area (Å²) in [5, 5.41) is 0. The second-order valence-corrected chi connectivity index (χ2v) is 11.4. The lowest BCUT2D eigenvalue weighted by atomic mass is 10.1. The van der Waals surface area contributed by atoms with Crippen LogP contribution in [0.1, 0.15) is 54.2 Å². The van der Waals surface area contributed by atoms with Gasteiger partial charge in [0.15, 0.2) is 20.2 Å². The van der Waals surface area contributed by atoms with Crippen molar-refractivity contribution in [3.05, 3.63) is 88.0 Å². The summed E-state index contributed by atoms with van der Waals surface area (Å²) in [6, 6.07) is 18.5. The predicted octanol–water partition coefficient (Wildman–Crippen LogP) is 7.31. The summed E-state index contributed by atoms with van der Waals surface area (Å²) in [7, 11) is 0. The molecule has 0 fully saturated rings. The Hall–Kier alpha value is -4.53. The number of hydrogen-bond acceptors (Lipinski definition) is 9. The summed E-state index contributed by atoms with van der Waals surface area (Å²) in [4.78, 5) is 20.8.